The first kappa shape index (κ1) is 22.0. The van der Waals surface area contributed by atoms with Gasteiger partial charge in [0, 0.05) is 23.3 Å². The van der Waals surface area contributed by atoms with Crippen molar-refractivity contribution in [2.75, 3.05) is 4.90 Å². The van der Waals surface area contributed by atoms with Crippen molar-refractivity contribution in [2.24, 2.45) is 11.8 Å². The molecule has 36 heavy (non-hydrogen) atoms. The summed E-state index contributed by atoms with van der Waals surface area (Å²) >= 11 is 0. The van der Waals surface area contributed by atoms with E-state index in [1.807, 2.05) is 19.1 Å². The minimum Gasteiger partial charge on any atom is -0.349 e. The van der Waals surface area contributed by atoms with Gasteiger partial charge in [0.1, 0.15) is 0 Å². The van der Waals surface area contributed by atoms with Crippen LogP contribution in [0, 0.1) is 28.9 Å². The molecule has 3 atom stereocenters. The van der Waals surface area contributed by atoms with Crippen LogP contribution in [0.5, 0.6) is 0 Å². The number of nitrogens with zero attached hydrogens (tertiary/aromatic N) is 2. The van der Waals surface area contributed by atoms with Crippen LogP contribution < -0.4 is 4.90 Å². The van der Waals surface area contributed by atoms with Crippen molar-refractivity contribution in [1.82, 2.24) is 0 Å². The van der Waals surface area contributed by atoms with E-state index < -0.39 is 51.8 Å². The summed E-state index contributed by atoms with van der Waals surface area (Å²) in [5.41, 5.74) is -0.406. The number of aryl methyl sites for hydroxylation is 1. The van der Waals surface area contributed by atoms with Crippen LogP contribution in [0.3, 0.4) is 0 Å². The monoisotopic (exact) mass is 482 g/mol. The maximum absolute atomic E-state index is 13.8. The molecule has 9 heteroatoms. The second-order valence-electron chi connectivity index (χ2n) is 9.18. The van der Waals surface area contributed by atoms with E-state index in [0.29, 0.717) is 5.56 Å². The molecule has 6 rings (SSSR count). The highest BCUT2D eigenvalue weighted by molar-refractivity contribution is 6.37. The Balaban J connectivity index is 1.51. The molecular weight excluding hydrogens is 464 g/mol. The van der Waals surface area contributed by atoms with Gasteiger partial charge in [0.2, 0.25) is 29.0 Å². The summed E-state index contributed by atoms with van der Waals surface area (Å²) in [5, 5.41) is 11.1. The molecule has 0 unspecified atom stereocenters. The predicted octanol–water partition coefficient (Wildman–Crippen LogP) is 3.60. The number of anilines is 1. The number of imide groups is 1. The van der Waals surface area contributed by atoms with Crippen LogP contribution in [0.4, 0.5) is 11.4 Å². The number of benzene rings is 3. The van der Waals surface area contributed by atoms with Gasteiger partial charge in [0.05, 0.1) is 28.6 Å². The maximum Gasteiger partial charge on any atom is 0.269 e. The van der Waals surface area contributed by atoms with Gasteiger partial charge in [-0.1, -0.05) is 54.1 Å². The summed E-state index contributed by atoms with van der Waals surface area (Å²) in [4.78, 5) is 66.4. The van der Waals surface area contributed by atoms with Crippen molar-refractivity contribution in [3.8, 4) is 0 Å². The lowest BCUT2D eigenvalue weighted by Gasteiger charge is -2.27. The predicted molar refractivity (Wildman–Crippen MR) is 125 cm³/mol. The quantitative estimate of drug-likeness (QED) is 0.242. The number of ether oxygens (including phenoxy) is 1. The number of nitro groups is 1. The fraction of sp³-hybridized carbons (Fsp3) is 0.185. The van der Waals surface area contributed by atoms with E-state index in [2.05, 4.69) is 0 Å². The van der Waals surface area contributed by atoms with E-state index in [9.17, 15) is 29.3 Å². The molecule has 0 N–H and O–H groups in total. The van der Waals surface area contributed by atoms with Crippen LogP contribution in [-0.2, 0) is 14.3 Å². The highest BCUT2D eigenvalue weighted by Gasteiger charge is 2.74. The normalized spacial score (nSPS) is 23.9. The minimum absolute atomic E-state index is 0.123. The zero-order chi connectivity index (χ0) is 25.4. The average molecular weight is 482 g/mol. The van der Waals surface area contributed by atoms with Crippen LogP contribution in [0.25, 0.3) is 0 Å². The summed E-state index contributed by atoms with van der Waals surface area (Å²) < 4.78 is 6.23. The number of ketones is 2. The first-order chi connectivity index (χ1) is 17.3. The second-order valence-corrected chi connectivity index (χ2v) is 9.18. The van der Waals surface area contributed by atoms with Crippen molar-refractivity contribution in [3.63, 3.8) is 0 Å². The number of non-ortho nitro benzene ring substituents is 1. The van der Waals surface area contributed by atoms with Crippen molar-refractivity contribution < 1.29 is 28.8 Å². The van der Waals surface area contributed by atoms with Crippen LogP contribution >= 0.6 is 0 Å². The molecule has 2 fully saturated rings. The molecule has 2 aliphatic heterocycles. The lowest BCUT2D eigenvalue weighted by Crippen LogP contribution is -2.51. The smallest absolute Gasteiger partial charge is 0.269 e. The fourth-order valence-corrected chi connectivity index (χ4v) is 5.55. The van der Waals surface area contributed by atoms with E-state index in [1.165, 1.54) is 36.4 Å². The standard InChI is InChI=1S/C27H18N2O7/c1-14-6-8-15(9-7-14)22-20-21(27(36-22)23(30)18-4-2-3-5-19(18)24(27)31)26(33)28(25(20)32)16-10-12-17(13-11-16)29(34)35/h2-13,20-22H,1H3/t20-,21+,22+/m1/s1. The van der Waals surface area contributed by atoms with Crippen LogP contribution in [-0.4, -0.2) is 33.9 Å². The number of Topliss-reactive ketones (excluding diaryl/α,β-unsaturated/α-hetero) is 2. The molecular formula is C27H18N2O7. The Morgan fingerprint density at radius 1 is 0.833 bits per heavy atom. The molecule has 0 bridgehead atoms. The first-order valence-corrected chi connectivity index (χ1v) is 11.3. The highest BCUT2D eigenvalue weighted by atomic mass is 16.6. The van der Waals surface area contributed by atoms with Gasteiger partial charge in [-0.05, 0) is 24.6 Å². The number of hydrogen-bond acceptors (Lipinski definition) is 7. The van der Waals surface area contributed by atoms with Crippen LogP contribution in [0.1, 0.15) is 37.9 Å². The summed E-state index contributed by atoms with van der Waals surface area (Å²) in [6.07, 6.45) is -1.02. The summed E-state index contributed by atoms with van der Waals surface area (Å²) in [6, 6.07) is 18.4. The number of carbonyl (C=O) groups is 4. The Morgan fingerprint density at radius 2 is 1.42 bits per heavy atom. The lowest BCUT2D eigenvalue weighted by atomic mass is 9.77. The van der Waals surface area contributed by atoms with E-state index in [4.69, 9.17) is 4.74 Å². The van der Waals surface area contributed by atoms with Gasteiger partial charge in [-0.3, -0.25) is 29.3 Å². The number of amides is 2. The molecule has 2 saturated heterocycles. The van der Waals surface area contributed by atoms with Crippen molar-refractivity contribution in [2.45, 2.75) is 18.6 Å². The number of carbonyl (C=O) groups excluding carboxylic acids is 4. The number of rotatable bonds is 3. The van der Waals surface area contributed by atoms with Gasteiger partial charge in [-0.2, -0.15) is 0 Å². The Labute approximate surface area is 204 Å². The molecule has 0 saturated carbocycles. The number of fused-ring (bicyclic) bond motifs is 3. The third kappa shape index (κ3) is 2.74. The molecule has 2 amide bonds. The summed E-state index contributed by atoms with van der Waals surface area (Å²) in [5.74, 6) is -5.16. The molecule has 0 radical (unpaired) electrons. The molecule has 3 aromatic carbocycles. The van der Waals surface area contributed by atoms with E-state index in [1.54, 1.807) is 24.3 Å². The molecule has 3 aromatic rings. The molecule has 2 heterocycles. The van der Waals surface area contributed by atoms with Gasteiger partial charge >= 0.3 is 0 Å². The molecule has 1 spiro atoms. The zero-order valence-electron chi connectivity index (χ0n) is 18.9. The van der Waals surface area contributed by atoms with Gasteiger partial charge in [0.25, 0.3) is 5.69 Å². The Hall–Kier alpha value is -4.50. The number of hydrogen-bond donors (Lipinski definition) is 0. The van der Waals surface area contributed by atoms with Crippen LogP contribution in [0.15, 0.2) is 72.8 Å². The molecule has 0 aromatic heterocycles. The van der Waals surface area contributed by atoms with E-state index in [-0.39, 0.29) is 22.5 Å². The maximum atomic E-state index is 13.8. The minimum atomic E-state index is -2.16. The van der Waals surface area contributed by atoms with E-state index in [0.717, 1.165) is 10.5 Å². The summed E-state index contributed by atoms with van der Waals surface area (Å²) in [6.45, 7) is 1.89. The van der Waals surface area contributed by atoms with Gasteiger partial charge in [-0.25, -0.2) is 4.90 Å². The highest BCUT2D eigenvalue weighted by Crippen LogP contribution is 2.57. The van der Waals surface area contributed by atoms with Crippen LogP contribution in [0.2, 0.25) is 0 Å². The Kier molecular flexibility index (Phi) is 4.58. The third-order valence-corrected chi connectivity index (χ3v) is 7.24. The first-order valence-electron chi connectivity index (χ1n) is 11.3. The summed E-state index contributed by atoms with van der Waals surface area (Å²) in [7, 11) is 0. The topological polar surface area (TPSA) is 124 Å². The van der Waals surface area contributed by atoms with Crippen molar-refractivity contribution >= 4 is 34.8 Å². The van der Waals surface area contributed by atoms with E-state index >= 15 is 0 Å². The Bertz CT molecular complexity index is 1460. The third-order valence-electron chi connectivity index (χ3n) is 7.24. The molecule has 3 aliphatic rings. The van der Waals surface area contributed by atoms with Gasteiger partial charge in [0.15, 0.2) is 0 Å². The largest absolute Gasteiger partial charge is 0.349 e. The van der Waals surface area contributed by atoms with Gasteiger partial charge in [-0.15, -0.1) is 0 Å². The Morgan fingerprint density at radius 3 is 1.97 bits per heavy atom. The fourth-order valence-electron chi connectivity index (χ4n) is 5.55. The van der Waals surface area contributed by atoms with Crippen molar-refractivity contribution in [1.29, 1.82) is 0 Å². The average Bonchev–Trinajstić information content (AvgIpc) is 3.44. The second kappa shape index (κ2) is 7.50. The molecule has 178 valence electrons. The zero-order valence-corrected chi connectivity index (χ0v) is 18.9. The van der Waals surface area contributed by atoms with Crippen molar-refractivity contribution in [3.05, 3.63) is 105 Å². The SMILES string of the molecule is Cc1ccc([C@@H]2OC3(C(=O)c4ccccc4C3=O)[C@@H]3C(=O)N(c4ccc([N+](=O)[O-])cc4)C(=O)[C@H]32)cc1. The lowest BCUT2D eigenvalue weighted by molar-refractivity contribution is -0.384. The molecule has 1 aliphatic carbocycles. The van der Waals surface area contributed by atoms with Gasteiger partial charge < -0.3 is 4.74 Å². The molecule has 9 nitrogen and oxygen atoms in total. The number of nitro benzene ring substituents is 1.